The predicted octanol–water partition coefficient (Wildman–Crippen LogP) is 2.21. The fourth-order valence-corrected chi connectivity index (χ4v) is 2.75. The maximum Gasteiger partial charge on any atom is 0.337 e. The minimum absolute atomic E-state index is 0.0849. The normalized spacial score (nSPS) is 11.3. The Balaban J connectivity index is 3.44. The fraction of sp³-hybridized carbons (Fsp3) is 0.364. The van der Waals surface area contributed by atoms with E-state index in [1.54, 1.807) is 0 Å². The summed E-state index contributed by atoms with van der Waals surface area (Å²) < 4.78 is 24.5. The molecule has 1 aromatic carbocycles. The Morgan fingerprint density at radius 1 is 1.44 bits per heavy atom. The maximum absolute atomic E-state index is 11.7. The number of anilines is 1. The number of carbonyl (C=O) groups is 1. The summed E-state index contributed by atoms with van der Waals surface area (Å²) >= 11 is 5.80. The molecule has 0 saturated carbocycles. The molecule has 0 aliphatic carbocycles. The topological polar surface area (TPSA) is 74.7 Å². The second-order valence-electron chi connectivity index (χ2n) is 3.80. The monoisotopic (exact) mass is 291 g/mol. The predicted molar refractivity (Wildman–Crippen MR) is 70.9 cm³/mol. The Kier molecular flexibility index (Phi) is 4.59. The minimum atomic E-state index is -3.54. The third-order valence-electron chi connectivity index (χ3n) is 2.29. The summed E-state index contributed by atoms with van der Waals surface area (Å²) in [5.41, 5.74) is 0.0117. The number of halogens is 1. The van der Waals surface area contributed by atoms with E-state index in [4.69, 9.17) is 16.7 Å². The third kappa shape index (κ3) is 3.36. The first-order valence-corrected chi connectivity index (χ1v) is 7.50. The van der Waals surface area contributed by atoms with Crippen LogP contribution in [0.2, 0.25) is 5.02 Å². The molecule has 0 atom stereocenters. The van der Waals surface area contributed by atoms with Gasteiger partial charge in [0.1, 0.15) is 0 Å². The van der Waals surface area contributed by atoms with Crippen molar-refractivity contribution in [1.29, 1.82) is 0 Å². The average Bonchev–Trinajstić information content (AvgIpc) is 2.23. The lowest BCUT2D eigenvalue weighted by Gasteiger charge is -2.23. The zero-order valence-corrected chi connectivity index (χ0v) is 11.6. The maximum atomic E-state index is 11.7. The molecule has 0 bridgehead atoms. The number of sulfonamides is 1. The molecule has 0 amide bonds. The lowest BCUT2D eigenvalue weighted by atomic mass is 10.2. The Morgan fingerprint density at radius 3 is 2.50 bits per heavy atom. The summed E-state index contributed by atoms with van der Waals surface area (Å²) in [7, 11) is -3.54. The molecule has 0 aliphatic rings. The van der Waals surface area contributed by atoms with Gasteiger partial charge in [0.25, 0.3) is 0 Å². The molecule has 0 radical (unpaired) electrons. The van der Waals surface area contributed by atoms with Crippen LogP contribution in [0.25, 0.3) is 0 Å². The van der Waals surface area contributed by atoms with Crippen molar-refractivity contribution in [3.05, 3.63) is 28.8 Å². The Morgan fingerprint density at radius 2 is 2.06 bits per heavy atom. The largest absolute Gasteiger partial charge is 0.478 e. The molecule has 1 rings (SSSR count). The van der Waals surface area contributed by atoms with Gasteiger partial charge < -0.3 is 5.11 Å². The van der Waals surface area contributed by atoms with Crippen molar-refractivity contribution in [2.24, 2.45) is 0 Å². The molecule has 0 heterocycles. The summed E-state index contributed by atoms with van der Waals surface area (Å²) in [6.07, 6.45) is 1.60. The molecule has 0 fully saturated rings. The number of hydrogen-bond donors (Lipinski definition) is 1. The summed E-state index contributed by atoms with van der Waals surface area (Å²) in [6, 6.07) is 4.07. The van der Waals surface area contributed by atoms with Crippen LogP contribution in [-0.2, 0) is 10.0 Å². The van der Waals surface area contributed by atoms with Crippen molar-refractivity contribution in [1.82, 2.24) is 0 Å². The third-order valence-corrected chi connectivity index (χ3v) is 3.70. The summed E-state index contributed by atoms with van der Waals surface area (Å²) in [4.78, 5) is 11.1. The molecule has 0 saturated heterocycles. The van der Waals surface area contributed by atoms with Crippen molar-refractivity contribution in [3.63, 3.8) is 0 Å². The van der Waals surface area contributed by atoms with Gasteiger partial charge in [0, 0.05) is 11.6 Å². The van der Waals surface area contributed by atoms with Crippen LogP contribution in [0.1, 0.15) is 23.7 Å². The van der Waals surface area contributed by atoms with Gasteiger partial charge in [-0.15, -0.1) is 0 Å². The number of carboxylic acid groups (broad SMARTS) is 1. The molecule has 100 valence electrons. The molecule has 18 heavy (non-hydrogen) atoms. The van der Waals surface area contributed by atoms with E-state index < -0.39 is 16.0 Å². The van der Waals surface area contributed by atoms with Crippen molar-refractivity contribution >= 4 is 33.3 Å². The van der Waals surface area contributed by atoms with Crippen LogP contribution in [0.3, 0.4) is 0 Å². The van der Waals surface area contributed by atoms with Crippen molar-refractivity contribution in [3.8, 4) is 0 Å². The van der Waals surface area contributed by atoms with Crippen molar-refractivity contribution in [2.45, 2.75) is 13.3 Å². The zero-order chi connectivity index (χ0) is 13.9. The van der Waals surface area contributed by atoms with Crippen LogP contribution in [0.5, 0.6) is 0 Å². The van der Waals surface area contributed by atoms with E-state index in [1.165, 1.54) is 18.2 Å². The van der Waals surface area contributed by atoms with E-state index >= 15 is 0 Å². The summed E-state index contributed by atoms with van der Waals surface area (Å²) in [5, 5.41) is 9.37. The number of carboxylic acids is 1. The highest BCUT2D eigenvalue weighted by Crippen LogP contribution is 2.27. The van der Waals surface area contributed by atoms with Gasteiger partial charge in [0.2, 0.25) is 10.0 Å². The average molecular weight is 292 g/mol. The van der Waals surface area contributed by atoms with E-state index in [0.717, 1.165) is 10.6 Å². The Labute approximate surface area is 111 Å². The molecular weight excluding hydrogens is 278 g/mol. The van der Waals surface area contributed by atoms with Gasteiger partial charge in [-0.2, -0.15) is 0 Å². The fourth-order valence-electron chi connectivity index (χ4n) is 1.56. The van der Waals surface area contributed by atoms with Gasteiger partial charge in [-0.05, 0) is 24.6 Å². The van der Waals surface area contributed by atoms with Crippen LogP contribution in [0.4, 0.5) is 5.69 Å². The lowest BCUT2D eigenvalue weighted by molar-refractivity contribution is 0.0698. The van der Waals surface area contributed by atoms with Gasteiger partial charge in [-0.1, -0.05) is 18.5 Å². The van der Waals surface area contributed by atoms with Crippen LogP contribution in [0, 0.1) is 0 Å². The number of rotatable bonds is 5. The first-order chi connectivity index (χ1) is 8.27. The van der Waals surface area contributed by atoms with Gasteiger partial charge in [-0.3, -0.25) is 4.31 Å². The smallest absolute Gasteiger partial charge is 0.337 e. The highest BCUT2D eigenvalue weighted by Gasteiger charge is 2.22. The van der Waals surface area contributed by atoms with Gasteiger partial charge in [0.05, 0.1) is 17.5 Å². The highest BCUT2D eigenvalue weighted by atomic mass is 35.5. The molecule has 0 spiro atoms. The van der Waals surface area contributed by atoms with Crippen LogP contribution >= 0.6 is 11.6 Å². The van der Waals surface area contributed by atoms with Crippen molar-refractivity contribution in [2.75, 3.05) is 17.1 Å². The molecule has 7 heteroatoms. The summed E-state index contributed by atoms with van der Waals surface area (Å²) in [5.74, 6) is -1.19. The number of aromatic carboxylic acids is 1. The number of nitrogens with zero attached hydrogens (tertiary/aromatic N) is 1. The Hall–Kier alpha value is -1.27. The van der Waals surface area contributed by atoms with E-state index in [1.807, 2.05) is 6.92 Å². The first kappa shape index (κ1) is 14.8. The highest BCUT2D eigenvalue weighted by molar-refractivity contribution is 7.92. The molecule has 0 unspecified atom stereocenters. The molecular formula is C11H14ClNO4S. The molecule has 1 N–H and O–H groups in total. The standard InChI is InChI=1S/C11H14ClNO4S/c1-3-6-13(18(2,16)17)10-7-8(12)4-5-9(10)11(14)15/h4-5,7H,3,6H2,1-2H3,(H,14,15). The van der Waals surface area contributed by atoms with Crippen LogP contribution in [0.15, 0.2) is 18.2 Å². The van der Waals surface area contributed by atoms with Crippen molar-refractivity contribution < 1.29 is 18.3 Å². The van der Waals surface area contributed by atoms with Gasteiger partial charge >= 0.3 is 5.97 Å². The lowest BCUT2D eigenvalue weighted by Crippen LogP contribution is -2.32. The SMILES string of the molecule is CCCN(c1cc(Cl)ccc1C(=O)O)S(C)(=O)=O. The van der Waals surface area contributed by atoms with E-state index in [0.29, 0.717) is 11.4 Å². The van der Waals surface area contributed by atoms with E-state index in [2.05, 4.69) is 0 Å². The van der Waals surface area contributed by atoms with E-state index in [-0.39, 0.29) is 17.8 Å². The Bertz CT molecular complexity index is 556. The summed E-state index contributed by atoms with van der Waals surface area (Å²) in [6.45, 7) is 2.02. The van der Waals surface area contributed by atoms with Gasteiger partial charge in [0.15, 0.2) is 0 Å². The second-order valence-corrected chi connectivity index (χ2v) is 6.14. The van der Waals surface area contributed by atoms with Gasteiger partial charge in [-0.25, -0.2) is 13.2 Å². The zero-order valence-electron chi connectivity index (χ0n) is 10.1. The second kappa shape index (κ2) is 5.58. The first-order valence-electron chi connectivity index (χ1n) is 5.28. The van der Waals surface area contributed by atoms with Crippen LogP contribution < -0.4 is 4.31 Å². The van der Waals surface area contributed by atoms with Crippen LogP contribution in [-0.4, -0.2) is 32.3 Å². The molecule has 1 aromatic rings. The van der Waals surface area contributed by atoms with E-state index in [9.17, 15) is 13.2 Å². The number of benzene rings is 1. The molecule has 0 aromatic heterocycles. The quantitative estimate of drug-likeness (QED) is 0.902. The minimum Gasteiger partial charge on any atom is -0.478 e. The number of hydrogen-bond acceptors (Lipinski definition) is 3. The molecule has 5 nitrogen and oxygen atoms in total. The molecule has 0 aliphatic heterocycles.